The summed E-state index contributed by atoms with van der Waals surface area (Å²) >= 11 is 5.97. The molecule has 6 nitrogen and oxygen atoms in total. The minimum atomic E-state index is -0.670. The summed E-state index contributed by atoms with van der Waals surface area (Å²) in [6.45, 7) is 3.80. The molecule has 2 aromatic carbocycles. The van der Waals surface area contributed by atoms with Crippen molar-refractivity contribution in [1.82, 2.24) is 4.90 Å². The monoisotopic (exact) mass is 435 g/mol. The molecule has 0 aliphatic carbocycles. The zero-order valence-electron chi connectivity index (χ0n) is 16.8. The molecule has 3 rings (SSSR count). The molecule has 1 aliphatic rings. The van der Waals surface area contributed by atoms with Gasteiger partial charge in [0.15, 0.2) is 0 Å². The van der Waals surface area contributed by atoms with Gasteiger partial charge in [-0.05, 0) is 55.2 Å². The topological polar surface area (TPSA) is 76.8 Å². The summed E-state index contributed by atoms with van der Waals surface area (Å²) in [6.07, 6.45) is 2.51. The number of hydrogen-bond donors (Lipinski definition) is 2. The fraction of sp³-hybridized carbons (Fsp3) is 0.409. The number of nitrogens with one attached hydrogen (secondary N) is 1. The lowest BCUT2D eigenvalue weighted by atomic mass is 10.1. The van der Waals surface area contributed by atoms with E-state index in [1.807, 2.05) is 6.07 Å². The Labute approximate surface area is 181 Å². The van der Waals surface area contributed by atoms with Crippen molar-refractivity contribution in [2.24, 2.45) is 5.73 Å². The Bertz CT molecular complexity index is 852. The van der Waals surface area contributed by atoms with Crippen LogP contribution in [-0.2, 0) is 11.2 Å². The summed E-state index contributed by atoms with van der Waals surface area (Å²) in [5.74, 6) is 0.309. The van der Waals surface area contributed by atoms with Crippen LogP contribution in [0.1, 0.15) is 18.4 Å². The van der Waals surface area contributed by atoms with E-state index < -0.39 is 6.03 Å². The molecule has 0 spiro atoms. The number of amides is 2. The van der Waals surface area contributed by atoms with E-state index in [2.05, 4.69) is 10.2 Å². The average Bonchev–Trinajstić information content (AvgIpc) is 2.91. The Hall–Kier alpha value is -2.35. The minimum Gasteiger partial charge on any atom is -0.491 e. The maximum absolute atomic E-state index is 13.4. The van der Waals surface area contributed by atoms with Gasteiger partial charge in [-0.25, -0.2) is 9.18 Å². The van der Waals surface area contributed by atoms with Crippen LogP contribution in [0.25, 0.3) is 0 Å². The van der Waals surface area contributed by atoms with Gasteiger partial charge in [0.25, 0.3) is 0 Å². The van der Waals surface area contributed by atoms with Gasteiger partial charge in [0.2, 0.25) is 0 Å². The predicted octanol–water partition coefficient (Wildman–Crippen LogP) is 4.07. The molecule has 1 unspecified atom stereocenters. The van der Waals surface area contributed by atoms with Crippen molar-refractivity contribution >= 4 is 23.3 Å². The van der Waals surface area contributed by atoms with Crippen LogP contribution in [0.2, 0.25) is 5.02 Å². The molecule has 0 aromatic heterocycles. The molecule has 1 aliphatic heterocycles. The number of hydrogen-bond acceptors (Lipinski definition) is 4. The first-order valence-electron chi connectivity index (χ1n) is 10.1. The van der Waals surface area contributed by atoms with Gasteiger partial charge < -0.3 is 25.4 Å². The van der Waals surface area contributed by atoms with E-state index in [0.717, 1.165) is 38.0 Å². The minimum absolute atomic E-state index is 0.0397. The van der Waals surface area contributed by atoms with Crippen LogP contribution in [0.5, 0.6) is 5.75 Å². The Morgan fingerprint density at radius 3 is 3.00 bits per heavy atom. The van der Waals surface area contributed by atoms with E-state index in [1.165, 1.54) is 6.07 Å². The standard InChI is InChI=1S/C22H27ClFN3O3/c23-17-6-7-21(20(14-17)26-22(25)28)30-11-3-9-27-8-2-10-29-19(15-27)13-16-4-1-5-18(24)12-16/h1,4-7,12,14,19H,2-3,8-11,13,15H2,(H3,25,26,28). The van der Waals surface area contributed by atoms with Crippen molar-refractivity contribution < 1.29 is 18.7 Å². The van der Waals surface area contributed by atoms with Gasteiger partial charge in [0, 0.05) is 31.3 Å². The number of nitrogens with two attached hydrogens (primary N) is 1. The van der Waals surface area contributed by atoms with Crippen molar-refractivity contribution in [1.29, 1.82) is 0 Å². The summed E-state index contributed by atoms with van der Waals surface area (Å²) in [4.78, 5) is 13.5. The molecular formula is C22H27ClFN3O3. The third-order valence-corrected chi connectivity index (χ3v) is 5.10. The maximum Gasteiger partial charge on any atom is 0.316 e. The van der Waals surface area contributed by atoms with Gasteiger partial charge in [-0.2, -0.15) is 0 Å². The number of urea groups is 1. The number of nitrogens with zero attached hydrogens (tertiary/aromatic N) is 1. The summed E-state index contributed by atoms with van der Waals surface area (Å²) < 4.78 is 25.2. The second kappa shape index (κ2) is 11.2. The van der Waals surface area contributed by atoms with Crippen LogP contribution in [-0.4, -0.2) is 49.9 Å². The predicted molar refractivity (Wildman–Crippen MR) is 116 cm³/mol. The number of anilines is 1. The molecule has 3 N–H and O–H groups in total. The second-order valence-corrected chi connectivity index (χ2v) is 7.75. The molecule has 0 radical (unpaired) electrons. The van der Waals surface area contributed by atoms with E-state index in [4.69, 9.17) is 26.8 Å². The summed E-state index contributed by atoms with van der Waals surface area (Å²) in [5.41, 5.74) is 6.60. The Kier molecular flexibility index (Phi) is 8.30. The van der Waals surface area contributed by atoms with Gasteiger partial charge >= 0.3 is 6.03 Å². The Morgan fingerprint density at radius 2 is 2.20 bits per heavy atom. The highest BCUT2D eigenvalue weighted by atomic mass is 35.5. The summed E-state index contributed by atoms with van der Waals surface area (Å²) in [6, 6.07) is 11.0. The molecule has 1 saturated heterocycles. The lowest BCUT2D eigenvalue weighted by Gasteiger charge is -2.24. The first-order chi connectivity index (χ1) is 14.5. The van der Waals surface area contributed by atoms with E-state index in [0.29, 0.717) is 36.1 Å². The number of carbonyl (C=O) groups is 1. The van der Waals surface area contributed by atoms with Gasteiger partial charge in [-0.15, -0.1) is 0 Å². The number of halogens is 2. The highest BCUT2D eigenvalue weighted by Gasteiger charge is 2.19. The molecular weight excluding hydrogens is 409 g/mol. The quantitative estimate of drug-likeness (QED) is 0.613. The molecule has 0 saturated carbocycles. The molecule has 162 valence electrons. The van der Waals surface area contributed by atoms with Gasteiger partial charge in [-0.1, -0.05) is 23.7 Å². The third kappa shape index (κ3) is 7.16. The molecule has 2 amide bonds. The number of ether oxygens (including phenoxy) is 2. The molecule has 8 heteroatoms. The number of carbonyl (C=O) groups excluding carboxylic acids is 1. The molecule has 2 aromatic rings. The second-order valence-electron chi connectivity index (χ2n) is 7.31. The van der Waals surface area contributed by atoms with Crippen LogP contribution in [0.4, 0.5) is 14.9 Å². The van der Waals surface area contributed by atoms with Crippen LogP contribution in [0, 0.1) is 5.82 Å². The zero-order chi connectivity index (χ0) is 21.3. The number of rotatable bonds is 8. The molecule has 1 fully saturated rings. The first-order valence-corrected chi connectivity index (χ1v) is 10.4. The third-order valence-electron chi connectivity index (χ3n) is 4.86. The van der Waals surface area contributed by atoms with E-state index >= 15 is 0 Å². The van der Waals surface area contributed by atoms with Crippen molar-refractivity contribution in [3.63, 3.8) is 0 Å². The largest absolute Gasteiger partial charge is 0.491 e. The number of primary amides is 1. The van der Waals surface area contributed by atoms with Crippen LogP contribution < -0.4 is 15.8 Å². The smallest absolute Gasteiger partial charge is 0.316 e. The van der Waals surface area contributed by atoms with Gasteiger partial charge in [-0.3, -0.25) is 0 Å². The highest BCUT2D eigenvalue weighted by Crippen LogP contribution is 2.28. The first kappa shape index (κ1) is 22.3. The van der Waals surface area contributed by atoms with Gasteiger partial charge in [0.05, 0.1) is 18.4 Å². The molecule has 1 atom stereocenters. The van der Waals surface area contributed by atoms with Crippen LogP contribution in [0.15, 0.2) is 42.5 Å². The zero-order valence-corrected chi connectivity index (χ0v) is 17.5. The summed E-state index contributed by atoms with van der Waals surface area (Å²) in [5, 5.41) is 3.01. The SMILES string of the molecule is NC(=O)Nc1cc(Cl)ccc1OCCCN1CCCOC(Cc2cccc(F)c2)C1. The normalized spacial score (nSPS) is 17.3. The van der Waals surface area contributed by atoms with Crippen LogP contribution >= 0.6 is 11.6 Å². The Balaban J connectivity index is 1.47. The van der Waals surface area contributed by atoms with E-state index in [1.54, 1.807) is 30.3 Å². The van der Waals surface area contributed by atoms with Crippen molar-refractivity contribution in [2.45, 2.75) is 25.4 Å². The lowest BCUT2D eigenvalue weighted by Crippen LogP contribution is -2.34. The molecule has 0 bridgehead atoms. The van der Waals surface area contributed by atoms with Gasteiger partial charge in [0.1, 0.15) is 11.6 Å². The number of benzene rings is 2. The van der Waals surface area contributed by atoms with Crippen molar-refractivity contribution in [3.05, 3.63) is 58.9 Å². The lowest BCUT2D eigenvalue weighted by molar-refractivity contribution is 0.0541. The molecule has 30 heavy (non-hydrogen) atoms. The highest BCUT2D eigenvalue weighted by molar-refractivity contribution is 6.31. The molecule has 1 heterocycles. The van der Waals surface area contributed by atoms with Crippen molar-refractivity contribution in [3.8, 4) is 5.75 Å². The maximum atomic E-state index is 13.4. The average molecular weight is 436 g/mol. The van der Waals surface area contributed by atoms with E-state index in [-0.39, 0.29) is 11.9 Å². The van der Waals surface area contributed by atoms with E-state index in [9.17, 15) is 9.18 Å². The summed E-state index contributed by atoms with van der Waals surface area (Å²) in [7, 11) is 0. The Morgan fingerprint density at radius 1 is 1.33 bits per heavy atom. The van der Waals surface area contributed by atoms with Crippen LogP contribution in [0.3, 0.4) is 0 Å². The fourth-order valence-corrected chi connectivity index (χ4v) is 3.72. The van der Waals surface area contributed by atoms with Crippen molar-refractivity contribution in [2.75, 3.05) is 38.2 Å². The fourth-order valence-electron chi connectivity index (χ4n) is 3.55.